The van der Waals surface area contributed by atoms with E-state index >= 15 is 0 Å². The third-order valence-corrected chi connectivity index (χ3v) is 7.93. The predicted molar refractivity (Wildman–Crippen MR) is 149 cm³/mol. The lowest BCUT2D eigenvalue weighted by atomic mass is 9.88. The number of anilines is 3. The Kier molecular flexibility index (Phi) is 6.45. The summed E-state index contributed by atoms with van der Waals surface area (Å²) in [5.74, 6) is 0.564. The molecule has 2 amide bonds. The van der Waals surface area contributed by atoms with Crippen LogP contribution < -0.4 is 16.4 Å². The number of primary amides is 1. The molecule has 2 fully saturated rings. The molecule has 4 atom stereocenters. The first-order valence-corrected chi connectivity index (χ1v) is 13.3. The molecule has 1 aromatic heterocycles. The fourth-order valence-electron chi connectivity index (χ4n) is 6.03. The van der Waals surface area contributed by atoms with E-state index in [1.165, 1.54) is 0 Å². The van der Waals surface area contributed by atoms with Crippen molar-refractivity contribution in [2.75, 3.05) is 23.7 Å². The molecule has 6 rings (SSSR count). The van der Waals surface area contributed by atoms with Crippen LogP contribution in [0.2, 0.25) is 0 Å². The van der Waals surface area contributed by atoms with Gasteiger partial charge in [-0.3, -0.25) is 9.59 Å². The quantitative estimate of drug-likeness (QED) is 0.306. The van der Waals surface area contributed by atoms with Crippen LogP contribution in [0.4, 0.5) is 23.1 Å². The predicted octanol–water partition coefficient (Wildman–Crippen LogP) is 4.76. The molecule has 3 aliphatic rings. The van der Waals surface area contributed by atoms with Gasteiger partial charge in [-0.2, -0.15) is 4.98 Å². The van der Waals surface area contributed by atoms with E-state index in [4.69, 9.17) is 17.3 Å². The standard InChI is InChI=1S/C30H29N7O2/c1-32-22-8-4-6-18(15-22)24-17-33-30(34-23-9-5-7-21(16-23)29(39)37-12-2-3-13-37)36-28(24)35-26-20-11-10-19(14-20)25(26)27(31)38/h4-11,15-17,19-20,25-26H,2-3,12-14H2,(H2,31,38)(H2,33,34,35,36)/t19-,20+,25+,26-/m1/s1. The summed E-state index contributed by atoms with van der Waals surface area (Å²) in [6, 6.07) is 14.4. The van der Waals surface area contributed by atoms with Gasteiger partial charge in [0.1, 0.15) is 5.82 Å². The van der Waals surface area contributed by atoms with Gasteiger partial charge in [-0.05, 0) is 60.9 Å². The van der Waals surface area contributed by atoms with E-state index < -0.39 is 0 Å². The number of nitrogens with zero attached hydrogens (tertiary/aromatic N) is 4. The van der Waals surface area contributed by atoms with E-state index in [2.05, 4.69) is 32.6 Å². The normalized spacial score (nSPS) is 23.0. The van der Waals surface area contributed by atoms with Crippen molar-refractivity contribution in [3.8, 4) is 11.1 Å². The van der Waals surface area contributed by atoms with E-state index in [1.807, 2.05) is 41.3 Å². The zero-order chi connectivity index (χ0) is 26.9. The van der Waals surface area contributed by atoms with E-state index in [0.717, 1.165) is 43.5 Å². The van der Waals surface area contributed by atoms with Crippen LogP contribution in [0.15, 0.2) is 66.9 Å². The maximum absolute atomic E-state index is 12.9. The smallest absolute Gasteiger partial charge is 0.253 e. The Hall–Kier alpha value is -4.71. The third-order valence-electron chi connectivity index (χ3n) is 7.93. The molecule has 1 saturated carbocycles. The fourth-order valence-corrected chi connectivity index (χ4v) is 6.03. The minimum absolute atomic E-state index is 0.0243. The van der Waals surface area contributed by atoms with Gasteiger partial charge in [0.2, 0.25) is 11.9 Å². The number of amides is 2. The number of rotatable bonds is 7. The molecule has 2 aromatic carbocycles. The zero-order valence-corrected chi connectivity index (χ0v) is 21.4. The summed E-state index contributed by atoms with van der Waals surface area (Å²) in [7, 11) is 0. The summed E-state index contributed by atoms with van der Waals surface area (Å²) in [5.41, 5.74) is 9.16. The molecule has 9 heteroatoms. The Morgan fingerprint density at radius 2 is 1.85 bits per heavy atom. The van der Waals surface area contributed by atoms with Gasteiger partial charge in [0.25, 0.3) is 5.91 Å². The van der Waals surface area contributed by atoms with Crippen molar-refractivity contribution in [2.24, 2.45) is 23.5 Å². The highest BCUT2D eigenvalue weighted by Crippen LogP contribution is 2.45. The van der Waals surface area contributed by atoms with Crippen LogP contribution in [0.3, 0.4) is 0 Å². The number of nitrogens with one attached hydrogen (secondary N) is 2. The average Bonchev–Trinajstić information content (AvgIpc) is 3.72. The number of fused-ring (bicyclic) bond motifs is 2. The highest BCUT2D eigenvalue weighted by Gasteiger charge is 2.47. The molecule has 2 bridgehead atoms. The van der Waals surface area contributed by atoms with Crippen molar-refractivity contribution >= 4 is 35.0 Å². The molecule has 1 aliphatic heterocycles. The molecule has 0 unspecified atom stereocenters. The Bertz CT molecular complexity index is 1510. The third kappa shape index (κ3) is 4.81. The summed E-state index contributed by atoms with van der Waals surface area (Å²) < 4.78 is 0. The molecule has 9 nitrogen and oxygen atoms in total. The number of aromatic nitrogens is 2. The van der Waals surface area contributed by atoms with Crippen molar-refractivity contribution < 1.29 is 9.59 Å². The van der Waals surface area contributed by atoms with Gasteiger partial charge in [0.05, 0.1) is 12.5 Å². The summed E-state index contributed by atoms with van der Waals surface area (Å²) in [5, 5.41) is 6.76. The minimum Gasteiger partial charge on any atom is -0.369 e. The average molecular weight is 520 g/mol. The molecule has 0 radical (unpaired) electrons. The summed E-state index contributed by atoms with van der Waals surface area (Å²) in [6.07, 6.45) is 8.89. The number of benzene rings is 2. The number of carbonyl (C=O) groups is 2. The Morgan fingerprint density at radius 1 is 1.05 bits per heavy atom. The topological polar surface area (TPSA) is 118 Å². The van der Waals surface area contributed by atoms with E-state index in [-0.39, 0.29) is 35.6 Å². The van der Waals surface area contributed by atoms with E-state index in [1.54, 1.807) is 18.3 Å². The molecule has 39 heavy (non-hydrogen) atoms. The highest BCUT2D eigenvalue weighted by atomic mass is 16.2. The first-order valence-electron chi connectivity index (χ1n) is 13.3. The number of hydrogen-bond acceptors (Lipinski definition) is 6. The van der Waals surface area contributed by atoms with Crippen LogP contribution in [0, 0.1) is 24.3 Å². The maximum Gasteiger partial charge on any atom is 0.253 e. The number of nitrogens with two attached hydrogens (primary N) is 1. The van der Waals surface area contributed by atoms with Crippen molar-refractivity contribution in [2.45, 2.75) is 25.3 Å². The van der Waals surface area contributed by atoms with Gasteiger partial charge in [0, 0.05) is 42.1 Å². The highest BCUT2D eigenvalue weighted by molar-refractivity contribution is 5.95. The summed E-state index contributed by atoms with van der Waals surface area (Å²) >= 11 is 0. The Labute approximate surface area is 227 Å². The monoisotopic (exact) mass is 519 g/mol. The number of carbonyl (C=O) groups excluding carboxylic acids is 2. The summed E-state index contributed by atoms with van der Waals surface area (Å²) in [4.78, 5) is 40.1. The lowest BCUT2D eigenvalue weighted by Crippen LogP contribution is -2.41. The van der Waals surface area contributed by atoms with Gasteiger partial charge in [-0.25, -0.2) is 9.83 Å². The Morgan fingerprint density at radius 3 is 2.64 bits per heavy atom. The number of allylic oxidation sites excluding steroid dienone is 1. The minimum atomic E-state index is -0.331. The summed E-state index contributed by atoms with van der Waals surface area (Å²) in [6.45, 7) is 8.98. The van der Waals surface area contributed by atoms with Crippen molar-refractivity contribution in [1.82, 2.24) is 14.9 Å². The van der Waals surface area contributed by atoms with Gasteiger partial charge in [-0.1, -0.05) is 36.4 Å². The molecule has 2 heterocycles. The van der Waals surface area contributed by atoms with Gasteiger partial charge < -0.3 is 21.3 Å². The van der Waals surface area contributed by atoms with Crippen LogP contribution >= 0.6 is 0 Å². The second-order valence-electron chi connectivity index (χ2n) is 10.4. The van der Waals surface area contributed by atoms with Crippen molar-refractivity contribution in [3.63, 3.8) is 0 Å². The molecule has 1 saturated heterocycles. The number of hydrogen-bond donors (Lipinski definition) is 3. The van der Waals surface area contributed by atoms with Gasteiger partial charge in [0.15, 0.2) is 5.69 Å². The van der Waals surface area contributed by atoms with Crippen molar-refractivity contribution in [1.29, 1.82) is 0 Å². The van der Waals surface area contributed by atoms with Crippen LogP contribution in [-0.2, 0) is 4.79 Å². The molecule has 3 aromatic rings. The maximum atomic E-state index is 12.9. The van der Waals surface area contributed by atoms with Crippen molar-refractivity contribution in [3.05, 3.63) is 83.9 Å². The van der Waals surface area contributed by atoms with E-state index in [9.17, 15) is 9.59 Å². The molecular weight excluding hydrogens is 490 g/mol. The molecular formula is C30H29N7O2. The second-order valence-corrected chi connectivity index (χ2v) is 10.4. The van der Waals surface area contributed by atoms with Crippen LogP contribution in [0.1, 0.15) is 29.6 Å². The molecule has 2 aliphatic carbocycles. The van der Waals surface area contributed by atoms with Gasteiger partial charge >= 0.3 is 0 Å². The molecule has 0 spiro atoms. The first-order chi connectivity index (χ1) is 19.0. The fraction of sp³-hybridized carbons (Fsp3) is 0.300. The van der Waals surface area contributed by atoms with Crippen LogP contribution in [0.5, 0.6) is 0 Å². The van der Waals surface area contributed by atoms with Crippen LogP contribution in [-0.4, -0.2) is 45.8 Å². The SMILES string of the molecule is [C-]#[N+]c1cccc(-c2cnc(Nc3cccc(C(=O)N4CCCC4)c3)nc2N[C@H]2[C@@H](C(N)=O)[C@@H]3C=C[C@H]2C3)c1. The first kappa shape index (κ1) is 24.6. The Balaban J connectivity index is 1.33. The molecule has 196 valence electrons. The molecule has 4 N–H and O–H groups in total. The lowest BCUT2D eigenvalue weighted by molar-refractivity contribution is -0.122. The largest absolute Gasteiger partial charge is 0.369 e. The lowest BCUT2D eigenvalue weighted by Gasteiger charge is -2.28. The second kappa shape index (κ2) is 10.2. The zero-order valence-electron chi connectivity index (χ0n) is 21.4. The number of likely N-dealkylation sites (tertiary alicyclic amines) is 1. The van der Waals surface area contributed by atoms with Gasteiger partial charge in [-0.15, -0.1) is 0 Å². The van der Waals surface area contributed by atoms with Crippen LogP contribution in [0.25, 0.3) is 16.0 Å². The van der Waals surface area contributed by atoms with E-state index in [0.29, 0.717) is 28.7 Å².